The Morgan fingerprint density at radius 1 is 1.57 bits per heavy atom. The van der Waals surface area contributed by atoms with E-state index in [2.05, 4.69) is 5.32 Å². The Hall–Kier alpha value is -0.610. The molecule has 2 aliphatic rings. The molecule has 2 atom stereocenters. The Kier molecular flexibility index (Phi) is 3.03. The van der Waals surface area contributed by atoms with Crippen LogP contribution in [-0.4, -0.2) is 31.6 Å². The minimum Gasteiger partial charge on any atom is -0.379 e. The molecule has 0 bridgehead atoms. The number of nitrogens with one attached hydrogen (secondary N) is 2. The molecule has 1 heterocycles. The maximum atomic E-state index is 7.66. The highest BCUT2D eigenvalue weighted by Crippen LogP contribution is 2.38. The summed E-state index contributed by atoms with van der Waals surface area (Å²) in [6, 6.07) is 0.266. The SMILES string of the molecule is N=C1CCOCC(C(CN)C2CC2)N1. The second-order valence-corrected chi connectivity index (χ2v) is 4.29. The van der Waals surface area contributed by atoms with Crippen LogP contribution in [-0.2, 0) is 4.74 Å². The quantitative estimate of drug-likeness (QED) is 0.610. The molecule has 0 radical (unpaired) electrons. The lowest BCUT2D eigenvalue weighted by Gasteiger charge is -2.25. The van der Waals surface area contributed by atoms with E-state index in [1.807, 2.05) is 0 Å². The summed E-state index contributed by atoms with van der Waals surface area (Å²) in [7, 11) is 0. The molecular formula is C10H19N3O. The fourth-order valence-corrected chi connectivity index (χ4v) is 2.16. The van der Waals surface area contributed by atoms with Gasteiger partial charge in [0.1, 0.15) is 0 Å². The molecule has 1 saturated carbocycles. The largest absolute Gasteiger partial charge is 0.379 e. The van der Waals surface area contributed by atoms with Crippen molar-refractivity contribution < 1.29 is 4.74 Å². The van der Waals surface area contributed by atoms with Crippen LogP contribution in [0.5, 0.6) is 0 Å². The summed E-state index contributed by atoms with van der Waals surface area (Å²) in [6.45, 7) is 2.09. The van der Waals surface area contributed by atoms with E-state index in [1.165, 1.54) is 12.8 Å². The van der Waals surface area contributed by atoms with Crippen molar-refractivity contribution in [2.75, 3.05) is 19.8 Å². The van der Waals surface area contributed by atoms with Crippen LogP contribution in [0.3, 0.4) is 0 Å². The summed E-state index contributed by atoms with van der Waals surface area (Å²) in [5.74, 6) is 1.87. The van der Waals surface area contributed by atoms with Gasteiger partial charge in [-0.25, -0.2) is 0 Å². The molecule has 4 nitrogen and oxygen atoms in total. The Morgan fingerprint density at radius 3 is 3.00 bits per heavy atom. The highest BCUT2D eigenvalue weighted by molar-refractivity contribution is 5.79. The first kappa shape index (κ1) is 9.93. The zero-order valence-corrected chi connectivity index (χ0v) is 8.46. The maximum absolute atomic E-state index is 7.66. The van der Waals surface area contributed by atoms with Crippen LogP contribution < -0.4 is 11.1 Å². The second kappa shape index (κ2) is 4.28. The first-order valence-corrected chi connectivity index (χ1v) is 5.43. The van der Waals surface area contributed by atoms with Gasteiger partial charge in [-0.1, -0.05) is 0 Å². The number of hydrogen-bond acceptors (Lipinski definition) is 3. The highest BCUT2D eigenvalue weighted by atomic mass is 16.5. The molecule has 0 aromatic rings. The van der Waals surface area contributed by atoms with E-state index in [9.17, 15) is 0 Å². The van der Waals surface area contributed by atoms with E-state index < -0.39 is 0 Å². The van der Waals surface area contributed by atoms with E-state index in [1.54, 1.807) is 0 Å². The van der Waals surface area contributed by atoms with Crippen LogP contribution in [0.1, 0.15) is 19.3 Å². The van der Waals surface area contributed by atoms with Gasteiger partial charge in [0, 0.05) is 6.42 Å². The lowest BCUT2D eigenvalue weighted by atomic mass is 9.95. The molecule has 0 aromatic carbocycles. The Bertz CT molecular complexity index is 215. The van der Waals surface area contributed by atoms with Crippen LogP contribution in [0.2, 0.25) is 0 Å². The molecule has 4 N–H and O–H groups in total. The topological polar surface area (TPSA) is 71.1 Å². The number of ether oxygens (including phenoxy) is 1. The Morgan fingerprint density at radius 2 is 2.36 bits per heavy atom. The standard InChI is InChI=1S/C10H19N3O/c11-5-8(7-1-2-7)9-6-14-4-3-10(12)13-9/h7-9H,1-6,11H2,(H2,12,13). The van der Waals surface area contributed by atoms with E-state index in [0.29, 0.717) is 37.9 Å². The minimum absolute atomic E-state index is 0.266. The van der Waals surface area contributed by atoms with Gasteiger partial charge in [0.15, 0.2) is 0 Å². The predicted molar refractivity (Wildman–Crippen MR) is 55.4 cm³/mol. The van der Waals surface area contributed by atoms with Crippen molar-refractivity contribution in [1.82, 2.24) is 5.32 Å². The molecule has 2 fully saturated rings. The van der Waals surface area contributed by atoms with Crippen molar-refractivity contribution in [3.8, 4) is 0 Å². The van der Waals surface area contributed by atoms with Gasteiger partial charge in [-0.2, -0.15) is 0 Å². The monoisotopic (exact) mass is 197 g/mol. The molecule has 0 aromatic heterocycles. The van der Waals surface area contributed by atoms with Gasteiger partial charge in [-0.3, -0.25) is 5.41 Å². The van der Waals surface area contributed by atoms with Crippen molar-refractivity contribution in [1.29, 1.82) is 5.41 Å². The molecule has 0 spiro atoms. The van der Waals surface area contributed by atoms with E-state index in [0.717, 1.165) is 5.92 Å². The predicted octanol–water partition coefficient (Wildman–Crippen LogP) is 0.327. The fraction of sp³-hybridized carbons (Fsp3) is 0.900. The summed E-state index contributed by atoms with van der Waals surface area (Å²) in [6.07, 6.45) is 3.30. The van der Waals surface area contributed by atoms with Crippen LogP contribution in [0.25, 0.3) is 0 Å². The van der Waals surface area contributed by atoms with Crippen molar-refractivity contribution >= 4 is 5.84 Å². The third-order valence-electron chi connectivity index (χ3n) is 3.17. The van der Waals surface area contributed by atoms with Gasteiger partial charge < -0.3 is 15.8 Å². The molecule has 80 valence electrons. The Balaban J connectivity index is 1.95. The zero-order chi connectivity index (χ0) is 9.97. The van der Waals surface area contributed by atoms with Gasteiger partial charge >= 0.3 is 0 Å². The van der Waals surface area contributed by atoms with Crippen LogP contribution in [0.15, 0.2) is 0 Å². The smallest absolute Gasteiger partial charge is 0.0957 e. The molecule has 14 heavy (non-hydrogen) atoms. The van der Waals surface area contributed by atoms with Crippen molar-refractivity contribution in [2.45, 2.75) is 25.3 Å². The van der Waals surface area contributed by atoms with Crippen LogP contribution in [0.4, 0.5) is 0 Å². The third kappa shape index (κ3) is 2.25. The number of nitrogens with two attached hydrogens (primary N) is 1. The average Bonchev–Trinajstić information content (AvgIpc) is 2.96. The second-order valence-electron chi connectivity index (χ2n) is 4.29. The average molecular weight is 197 g/mol. The van der Waals surface area contributed by atoms with Gasteiger partial charge in [-0.05, 0) is 31.2 Å². The molecule has 0 amide bonds. The number of rotatable bonds is 3. The van der Waals surface area contributed by atoms with Crippen molar-refractivity contribution in [2.24, 2.45) is 17.6 Å². The Labute approximate surface area is 84.7 Å². The maximum Gasteiger partial charge on any atom is 0.0957 e. The van der Waals surface area contributed by atoms with Crippen molar-refractivity contribution in [3.63, 3.8) is 0 Å². The third-order valence-corrected chi connectivity index (χ3v) is 3.17. The van der Waals surface area contributed by atoms with Crippen molar-refractivity contribution in [3.05, 3.63) is 0 Å². The van der Waals surface area contributed by atoms with E-state index in [4.69, 9.17) is 15.9 Å². The summed E-state index contributed by atoms with van der Waals surface area (Å²) < 4.78 is 5.48. The fourth-order valence-electron chi connectivity index (χ4n) is 2.16. The summed E-state index contributed by atoms with van der Waals surface area (Å²) in [5, 5.41) is 10.9. The molecular weight excluding hydrogens is 178 g/mol. The molecule has 1 aliphatic carbocycles. The number of hydrogen-bond donors (Lipinski definition) is 3. The van der Waals surface area contributed by atoms with Gasteiger partial charge in [0.25, 0.3) is 0 Å². The van der Waals surface area contributed by atoms with E-state index >= 15 is 0 Å². The minimum atomic E-state index is 0.266. The molecule has 1 saturated heterocycles. The molecule has 2 unspecified atom stereocenters. The molecule has 2 rings (SSSR count). The summed E-state index contributed by atoms with van der Waals surface area (Å²) in [4.78, 5) is 0. The first-order chi connectivity index (χ1) is 6.81. The van der Waals surface area contributed by atoms with Gasteiger partial charge in [0.05, 0.1) is 25.1 Å². The number of amidine groups is 1. The lowest BCUT2D eigenvalue weighted by Crippen LogP contribution is -2.45. The summed E-state index contributed by atoms with van der Waals surface area (Å²) >= 11 is 0. The van der Waals surface area contributed by atoms with Crippen LogP contribution >= 0.6 is 0 Å². The first-order valence-electron chi connectivity index (χ1n) is 5.43. The highest BCUT2D eigenvalue weighted by Gasteiger charge is 2.36. The van der Waals surface area contributed by atoms with Gasteiger partial charge in [-0.15, -0.1) is 0 Å². The molecule has 4 heteroatoms. The van der Waals surface area contributed by atoms with Gasteiger partial charge in [0.2, 0.25) is 0 Å². The normalized spacial score (nSPS) is 30.6. The van der Waals surface area contributed by atoms with Crippen LogP contribution in [0, 0.1) is 17.2 Å². The van der Waals surface area contributed by atoms with E-state index in [-0.39, 0.29) is 6.04 Å². The molecule has 1 aliphatic heterocycles. The summed E-state index contributed by atoms with van der Waals surface area (Å²) in [5.41, 5.74) is 5.77. The zero-order valence-electron chi connectivity index (χ0n) is 8.46. The lowest BCUT2D eigenvalue weighted by molar-refractivity contribution is 0.111.